The molecule has 2 aromatic rings. The zero-order chi connectivity index (χ0) is 14.4. The van der Waals surface area contributed by atoms with Crippen LogP contribution in [0.1, 0.15) is 36.1 Å². The predicted octanol–water partition coefficient (Wildman–Crippen LogP) is 2.73. The number of pyridine rings is 1. The van der Waals surface area contributed by atoms with Gasteiger partial charge in [0, 0.05) is 12.4 Å². The molecule has 0 aliphatic rings. The molecule has 0 spiro atoms. The summed E-state index contributed by atoms with van der Waals surface area (Å²) < 4.78 is 5.67. The van der Waals surface area contributed by atoms with E-state index in [-0.39, 0.29) is 6.04 Å². The summed E-state index contributed by atoms with van der Waals surface area (Å²) in [7, 11) is 0. The summed E-state index contributed by atoms with van der Waals surface area (Å²) in [6, 6.07) is 9.98. The number of nitrogens with one attached hydrogen (secondary N) is 1. The van der Waals surface area contributed by atoms with Crippen molar-refractivity contribution in [1.29, 1.82) is 0 Å². The number of nitrogens with two attached hydrogens (primary N) is 1. The largest absolute Gasteiger partial charge is 0.494 e. The van der Waals surface area contributed by atoms with Gasteiger partial charge in [0.15, 0.2) is 0 Å². The van der Waals surface area contributed by atoms with Crippen molar-refractivity contribution in [3.63, 3.8) is 0 Å². The molecule has 0 radical (unpaired) electrons. The van der Waals surface area contributed by atoms with E-state index >= 15 is 0 Å². The molecule has 0 saturated carbocycles. The molecule has 20 heavy (non-hydrogen) atoms. The van der Waals surface area contributed by atoms with E-state index in [1.807, 2.05) is 43.6 Å². The number of hydrogen-bond donors (Lipinski definition) is 2. The Bertz CT molecular complexity index is 557. The van der Waals surface area contributed by atoms with Gasteiger partial charge in [-0.25, -0.2) is 5.43 Å². The van der Waals surface area contributed by atoms with Gasteiger partial charge in [0.25, 0.3) is 0 Å². The Balaban J connectivity index is 2.27. The lowest BCUT2D eigenvalue weighted by Gasteiger charge is -2.18. The first kappa shape index (κ1) is 14.5. The molecule has 1 atom stereocenters. The molecule has 4 heteroatoms. The van der Waals surface area contributed by atoms with Gasteiger partial charge in [-0.15, -0.1) is 0 Å². The highest BCUT2D eigenvalue weighted by Crippen LogP contribution is 2.24. The second-order valence-electron chi connectivity index (χ2n) is 4.82. The summed E-state index contributed by atoms with van der Waals surface area (Å²) in [5.74, 6) is 6.58. The van der Waals surface area contributed by atoms with Crippen LogP contribution in [0.25, 0.3) is 0 Å². The van der Waals surface area contributed by atoms with Crippen LogP contribution in [-0.4, -0.2) is 11.6 Å². The summed E-state index contributed by atoms with van der Waals surface area (Å²) in [5.41, 5.74) is 6.07. The normalized spacial score (nSPS) is 12.2. The van der Waals surface area contributed by atoms with Gasteiger partial charge in [0.05, 0.1) is 12.6 Å². The van der Waals surface area contributed by atoms with Crippen molar-refractivity contribution in [3.8, 4) is 5.75 Å². The van der Waals surface area contributed by atoms with Crippen molar-refractivity contribution in [2.24, 2.45) is 5.84 Å². The third-order valence-electron chi connectivity index (χ3n) is 3.06. The maximum absolute atomic E-state index is 5.72. The van der Waals surface area contributed by atoms with Crippen molar-refractivity contribution in [3.05, 3.63) is 59.4 Å². The van der Waals surface area contributed by atoms with Crippen LogP contribution in [-0.2, 0) is 0 Å². The maximum atomic E-state index is 5.72. The predicted molar refractivity (Wildman–Crippen MR) is 80.4 cm³/mol. The van der Waals surface area contributed by atoms with E-state index in [1.165, 1.54) is 0 Å². The zero-order valence-electron chi connectivity index (χ0n) is 12.0. The van der Waals surface area contributed by atoms with Gasteiger partial charge in [0.2, 0.25) is 0 Å². The lowest BCUT2D eigenvalue weighted by Crippen LogP contribution is -2.29. The highest BCUT2D eigenvalue weighted by molar-refractivity contribution is 5.36. The molecule has 2 rings (SSSR count). The van der Waals surface area contributed by atoms with Crippen molar-refractivity contribution < 1.29 is 4.74 Å². The van der Waals surface area contributed by atoms with Gasteiger partial charge in [-0.1, -0.05) is 25.1 Å². The number of aromatic nitrogens is 1. The van der Waals surface area contributed by atoms with Crippen molar-refractivity contribution >= 4 is 0 Å². The molecular weight excluding hydrogens is 250 g/mol. The summed E-state index contributed by atoms with van der Waals surface area (Å²) in [4.78, 5) is 4.22. The fourth-order valence-electron chi connectivity index (χ4n) is 2.12. The van der Waals surface area contributed by atoms with Gasteiger partial charge in [0.1, 0.15) is 5.75 Å². The maximum Gasteiger partial charge on any atom is 0.119 e. The van der Waals surface area contributed by atoms with E-state index in [0.717, 1.165) is 35.5 Å². The number of rotatable bonds is 6. The van der Waals surface area contributed by atoms with Gasteiger partial charge >= 0.3 is 0 Å². The summed E-state index contributed by atoms with van der Waals surface area (Å²) in [6.07, 6.45) is 4.65. The van der Waals surface area contributed by atoms with Crippen LogP contribution in [0.3, 0.4) is 0 Å². The average molecular weight is 271 g/mol. The minimum Gasteiger partial charge on any atom is -0.494 e. The van der Waals surface area contributed by atoms with Crippen LogP contribution >= 0.6 is 0 Å². The molecule has 0 saturated heterocycles. The molecule has 106 valence electrons. The highest BCUT2D eigenvalue weighted by Gasteiger charge is 2.13. The van der Waals surface area contributed by atoms with Crippen LogP contribution in [0.5, 0.6) is 5.75 Å². The highest BCUT2D eigenvalue weighted by atomic mass is 16.5. The molecule has 0 amide bonds. The number of hydrogen-bond acceptors (Lipinski definition) is 4. The topological polar surface area (TPSA) is 60.2 Å². The van der Waals surface area contributed by atoms with E-state index < -0.39 is 0 Å². The van der Waals surface area contributed by atoms with Gasteiger partial charge in [-0.05, 0) is 42.2 Å². The van der Waals surface area contributed by atoms with E-state index in [9.17, 15) is 0 Å². The van der Waals surface area contributed by atoms with E-state index in [0.29, 0.717) is 0 Å². The number of aryl methyl sites for hydroxylation is 1. The van der Waals surface area contributed by atoms with Crippen LogP contribution in [0, 0.1) is 6.92 Å². The minimum absolute atomic E-state index is 0.0902. The smallest absolute Gasteiger partial charge is 0.119 e. The lowest BCUT2D eigenvalue weighted by atomic mass is 10.00. The van der Waals surface area contributed by atoms with Crippen LogP contribution in [0.15, 0.2) is 42.7 Å². The first-order chi connectivity index (χ1) is 9.74. The zero-order valence-corrected chi connectivity index (χ0v) is 12.0. The molecule has 1 aromatic carbocycles. The Morgan fingerprint density at radius 1 is 1.25 bits per heavy atom. The Labute approximate surface area is 120 Å². The van der Waals surface area contributed by atoms with Gasteiger partial charge in [-0.3, -0.25) is 10.8 Å². The SMILES string of the molecule is CCCOc1cccc(C(NN)c2cncc(C)c2)c1. The van der Waals surface area contributed by atoms with Crippen LogP contribution in [0.4, 0.5) is 0 Å². The van der Waals surface area contributed by atoms with Crippen molar-refractivity contribution in [2.45, 2.75) is 26.3 Å². The first-order valence-electron chi connectivity index (χ1n) is 6.85. The second-order valence-corrected chi connectivity index (χ2v) is 4.82. The fourth-order valence-corrected chi connectivity index (χ4v) is 2.12. The molecule has 1 aromatic heterocycles. The van der Waals surface area contributed by atoms with Crippen LogP contribution in [0.2, 0.25) is 0 Å². The third kappa shape index (κ3) is 3.56. The van der Waals surface area contributed by atoms with Crippen molar-refractivity contribution in [1.82, 2.24) is 10.4 Å². The molecule has 4 nitrogen and oxygen atoms in total. The van der Waals surface area contributed by atoms with Crippen LogP contribution < -0.4 is 16.0 Å². The summed E-state index contributed by atoms with van der Waals surface area (Å²) in [5, 5.41) is 0. The average Bonchev–Trinajstić information content (AvgIpc) is 2.46. The summed E-state index contributed by atoms with van der Waals surface area (Å²) in [6.45, 7) is 4.83. The Kier molecular flexibility index (Phi) is 5.09. The number of nitrogens with zero attached hydrogens (tertiary/aromatic N) is 1. The molecule has 0 fully saturated rings. The van der Waals surface area contributed by atoms with E-state index in [2.05, 4.69) is 23.4 Å². The molecule has 0 aliphatic carbocycles. The molecular formula is C16H21N3O. The summed E-state index contributed by atoms with van der Waals surface area (Å²) >= 11 is 0. The lowest BCUT2D eigenvalue weighted by molar-refractivity contribution is 0.317. The Morgan fingerprint density at radius 3 is 2.80 bits per heavy atom. The monoisotopic (exact) mass is 271 g/mol. The van der Waals surface area contributed by atoms with E-state index in [4.69, 9.17) is 10.6 Å². The first-order valence-corrected chi connectivity index (χ1v) is 6.85. The molecule has 0 aliphatic heterocycles. The standard InChI is InChI=1S/C16H21N3O/c1-3-7-20-15-6-4-5-13(9-15)16(19-17)14-8-12(2)10-18-11-14/h4-6,8-11,16,19H,3,7,17H2,1-2H3. The minimum atomic E-state index is -0.0902. The Morgan fingerprint density at radius 2 is 2.10 bits per heavy atom. The van der Waals surface area contributed by atoms with E-state index in [1.54, 1.807) is 0 Å². The Hall–Kier alpha value is -1.91. The molecule has 3 N–H and O–H groups in total. The van der Waals surface area contributed by atoms with Crippen molar-refractivity contribution in [2.75, 3.05) is 6.61 Å². The number of benzene rings is 1. The quantitative estimate of drug-likeness (QED) is 0.626. The second kappa shape index (κ2) is 7.03. The van der Waals surface area contributed by atoms with Gasteiger partial charge in [-0.2, -0.15) is 0 Å². The fraction of sp³-hybridized carbons (Fsp3) is 0.312. The number of hydrazine groups is 1. The third-order valence-corrected chi connectivity index (χ3v) is 3.06. The molecule has 1 unspecified atom stereocenters. The molecule has 1 heterocycles. The number of ether oxygens (including phenoxy) is 1. The van der Waals surface area contributed by atoms with Gasteiger partial charge < -0.3 is 4.74 Å². The molecule has 0 bridgehead atoms.